The van der Waals surface area contributed by atoms with E-state index in [1.54, 1.807) is 23.6 Å². The summed E-state index contributed by atoms with van der Waals surface area (Å²) >= 11 is 7.61. The predicted molar refractivity (Wildman–Crippen MR) is 75.8 cm³/mol. The van der Waals surface area contributed by atoms with Gasteiger partial charge in [-0.15, -0.1) is 11.3 Å². The van der Waals surface area contributed by atoms with Gasteiger partial charge in [-0.1, -0.05) is 11.6 Å². The van der Waals surface area contributed by atoms with Crippen LogP contribution in [0.3, 0.4) is 0 Å². The lowest BCUT2D eigenvalue weighted by Gasteiger charge is -2.07. The molecule has 1 heterocycles. The molecule has 0 aliphatic heterocycles. The summed E-state index contributed by atoms with van der Waals surface area (Å²) in [5.74, 6) is 0.0143. The number of nitrogens with zero attached hydrogens (tertiary/aromatic N) is 1. The van der Waals surface area contributed by atoms with Gasteiger partial charge in [-0.3, -0.25) is 4.79 Å². The first-order chi connectivity index (χ1) is 8.65. The van der Waals surface area contributed by atoms with Crippen LogP contribution in [0.1, 0.15) is 22.3 Å². The highest BCUT2D eigenvalue weighted by Crippen LogP contribution is 2.19. The number of anilines is 1. The van der Waals surface area contributed by atoms with Crippen molar-refractivity contribution in [2.24, 2.45) is 0 Å². The minimum Gasteiger partial charge on any atom is -0.385 e. The van der Waals surface area contributed by atoms with Crippen molar-refractivity contribution in [1.29, 1.82) is 0 Å². The van der Waals surface area contributed by atoms with Gasteiger partial charge in [0.25, 0.3) is 0 Å². The largest absolute Gasteiger partial charge is 0.385 e. The standard InChI is InChI=1S/C13H13ClN2OS/c1-9(17)10-6-11(14)8-12(7-10)15-3-2-13-16-4-5-18-13/h4-8,15H,2-3H2,1H3. The summed E-state index contributed by atoms with van der Waals surface area (Å²) in [5, 5.41) is 6.87. The van der Waals surface area contributed by atoms with Gasteiger partial charge in [0.15, 0.2) is 5.78 Å². The highest BCUT2D eigenvalue weighted by atomic mass is 35.5. The van der Waals surface area contributed by atoms with Crippen molar-refractivity contribution < 1.29 is 4.79 Å². The molecule has 1 N–H and O–H groups in total. The molecule has 3 nitrogen and oxygen atoms in total. The lowest BCUT2D eigenvalue weighted by molar-refractivity contribution is 0.101. The Morgan fingerprint density at radius 3 is 2.94 bits per heavy atom. The van der Waals surface area contributed by atoms with E-state index in [4.69, 9.17) is 11.6 Å². The van der Waals surface area contributed by atoms with Crippen LogP contribution in [0.4, 0.5) is 5.69 Å². The zero-order valence-electron chi connectivity index (χ0n) is 9.94. The fourth-order valence-electron chi connectivity index (χ4n) is 1.59. The van der Waals surface area contributed by atoms with E-state index in [1.165, 1.54) is 6.92 Å². The van der Waals surface area contributed by atoms with E-state index in [2.05, 4.69) is 10.3 Å². The molecule has 0 saturated heterocycles. The van der Waals surface area contributed by atoms with Crippen LogP contribution < -0.4 is 5.32 Å². The zero-order valence-corrected chi connectivity index (χ0v) is 11.5. The molecule has 0 saturated carbocycles. The van der Waals surface area contributed by atoms with E-state index >= 15 is 0 Å². The fraction of sp³-hybridized carbons (Fsp3) is 0.231. The Hall–Kier alpha value is -1.39. The smallest absolute Gasteiger partial charge is 0.159 e. The van der Waals surface area contributed by atoms with Crippen LogP contribution in [0, 0.1) is 0 Å². The van der Waals surface area contributed by atoms with Gasteiger partial charge >= 0.3 is 0 Å². The number of Topliss-reactive ketones (excluding diaryl/α,β-unsaturated/α-hetero) is 1. The monoisotopic (exact) mass is 280 g/mol. The molecule has 0 fully saturated rings. The number of thiazole rings is 1. The Morgan fingerprint density at radius 2 is 2.28 bits per heavy atom. The first-order valence-corrected chi connectivity index (χ1v) is 6.84. The quantitative estimate of drug-likeness (QED) is 0.850. The Kier molecular flexibility index (Phi) is 4.33. The molecule has 94 valence electrons. The summed E-state index contributed by atoms with van der Waals surface area (Å²) in [6, 6.07) is 5.31. The van der Waals surface area contributed by atoms with Crippen molar-refractivity contribution in [1.82, 2.24) is 4.98 Å². The number of carbonyl (C=O) groups excluding carboxylic acids is 1. The van der Waals surface area contributed by atoms with Crippen LogP contribution in [0.2, 0.25) is 5.02 Å². The maximum atomic E-state index is 11.3. The van der Waals surface area contributed by atoms with Gasteiger partial charge in [0.1, 0.15) is 0 Å². The number of hydrogen-bond donors (Lipinski definition) is 1. The first kappa shape index (κ1) is 13.1. The zero-order chi connectivity index (χ0) is 13.0. The summed E-state index contributed by atoms with van der Waals surface area (Å²) < 4.78 is 0. The topological polar surface area (TPSA) is 42.0 Å². The highest BCUT2D eigenvalue weighted by Gasteiger charge is 2.04. The predicted octanol–water partition coefficient (Wildman–Crippen LogP) is 3.65. The average Bonchev–Trinajstić information content (AvgIpc) is 2.81. The molecule has 1 aromatic carbocycles. The van der Waals surface area contributed by atoms with Gasteiger partial charge in [0.2, 0.25) is 0 Å². The minimum absolute atomic E-state index is 0.0143. The van der Waals surface area contributed by atoms with Crippen molar-refractivity contribution in [2.45, 2.75) is 13.3 Å². The molecular weight excluding hydrogens is 268 g/mol. The van der Waals surface area contributed by atoms with E-state index in [9.17, 15) is 4.79 Å². The summed E-state index contributed by atoms with van der Waals surface area (Å²) in [6.07, 6.45) is 2.66. The molecule has 0 spiro atoms. The second-order valence-electron chi connectivity index (χ2n) is 3.89. The van der Waals surface area contributed by atoms with E-state index in [-0.39, 0.29) is 5.78 Å². The third kappa shape index (κ3) is 3.55. The van der Waals surface area contributed by atoms with E-state index < -0.39 is 0 Å². The molecule has 0 aliphatic carbocycles. The number of halogens is 1. The Labute approximate surface area is 115 Å². The highest BCUT2D eigenvalue weighted by molar-refractivity contribution is 7.09. The van der Waals surface area contributed by atoms with Gasteiger partial charge in [-0.2, -0.15) is 0 Å². The number of benzene rings is 1. The molecule has 0 atom stereocenters. The maximum Gasteiger partial charge on any atom is 0.159 e. The fourth-order valence-corrected chi connectivity index (χ4v) is 2.44. The molecule has 0 aliphatic rings. The van der Waals surface area contributed by atoms with Crippen LogP contribution in [-0.2, 0) is 6.42 Å². The number of carbonyl (C=O) groups is 1. The van der Waals surface area contributed by atoms with Crippen LogP contribution >= 0.6 is 22.9 Å². The molecule has 5 heteroatoms. The number of rotatable bonds is 5. The van der Waals surface area contributed by atoms with Crippen molar-refractivity contribution in [2.75, 3.05) is 11.9 Å². The second kappa shape index (κ2) is 5.98. The average molecular weight is 281 g/mol. The summed E-state index contributed by atoms with van der Waals surface area (Å²) in [5.41, 5.74) is 1.49. The molecule has 2 rings (SSSR count). The van der Waals surface area contributed by atoms with Gasteiger partial charge < -0.3 is 5.32 Å². The van der Waals surface area contributed by atoms with Gasteiger partial charge in [-0.05, 0) is 25.1 Å². The normalized spacial score (nSPS) is 10.3. The van der Waals surface area contributed by atoms with Crippen molar-refractivity contribution in [3.05, 3.63) is 45.4 Å². The molecule has 0 radical (unpaired) electrons. The summed E-state index contributed by atoms with van der Waals surface area (Å²) in [4.78, 5) is 15.5. The first-order valence-electron chi connectivity index (χ1n) is 5.59. The lowest BCUT2D eigenvalue weighted by Crippen LogP contribution is -2.05. The second-order valence-corrected chi connectivity index (χ2v) is 5.30. The summed E-state index contributed by atoms with van der Waals surface area (Å²) in [7, 11) is 0. The number of nitrogens with one attached hydrogen (secondary N) is 1. The van der Waals surface area contributed by atoms with Crippen LogP contribution in [0.25, 0.3) is 0 Å². The Balaban J connectivity index is 1.98. The molecule has 0 amide bonds. The van der Waals surface area contributed by atoms with Crippen molar-refractivity contribution >= 4 is 34.4 Å². The van der Waals surface area contributed by atoms with Crippen LogP contribution in [0.15, 0.2) is 29.8 Å². The lowest BCUT2D eigenvalue weighted by atomic mass is 10.1. The van der Waals surface area contributed by atoms with E-state index in [0.29, 0.717) is 10.6 Å². The van der Waals surface area contributed by atoms with Gasteiger partial charge in [-0.25, -0.2) is 4.98 Å². The SMILES string of the molecule is CC(=O)c1cc(Cl)cc(NCCc2nccs2)c1. The number of aromatic nitrogens is 1. The summed E-state index contributed by atoms with van der Waals surface area (Å²) in [6.45, 7) is 2.30. The molecule has 1 aromatic heterocycles. The Bertz CT molecular complexity index is 540. The third-order valence-electron chi connectivity index (χ3n) is 2.46. The van der Waals surface area contributed by atoms with Gasteiger partial charge in [0.05, 0.1) is 5.01 Å². The molecule has 0 bridgehead atoms. The van der Waals surface area contributed by atoms with E-state index in [0.717, 1.165) is 23.7 Å². The molecular formula is C13H13ClN2OS. The minimum atomic E-state index is 0.0143. The van der Waals surface area contributed by atoms with Crippen molar-refractivity contribution in [3.63, 3.8) is 0 Å². The van der Waals surface area contributed by atoms with Crippen LogP contribution in [-0.4, -0.2) is 17.3 Å². The maximum absolute atomic E-state index is 11.3. The number of hydrogen-bond acceptors (Lipinski definition) is 4. The molecule has 2 aromatic rings. The van der Waals surface area contributed by atoms with Crippen molar-refractivity contribution in [3.8, 4) is 0 Å². The number of ketones is 1. The van der Waals surface area contributed by atoms with Gasteiger partial charge in [0, 0.05) is 40.8 Å². The third-order valence-corrected chi connectivity index (χ3v) is 3.51. The molecule has 0 unspecified atom stereocenters. The Morgan fingerprint density at radius 1 is 1.44 bits per heavy atom. The van der Waals surface area contributed by atoms with E-state index in [1.807, 2.05) is 17.5 Å². The molecule has 18 heavy (non-hydrogen) atoms. The van der Waals surface area contributed by atoms with Crippen LogP contribution in [0.5, 0.6) is 0 Å².